The molecule has 0 spiro atoms. The Morgan fingerprint density at radius 2 is 1.88 bits per heavy atom. The SMILES string of the molecule is Cc1cc(C)c(CN)c(N(C)C(C)C(C)C)n1. The maximum Gasteiger partial charge on any atom is 0.133 e. The van der Waals surface area contributed by atoms with Gasteiger partial charge in [-0.15, -0.1) is 0 Å². The van der Waals surface area contributed by atoms with Crippen molar-refractivity contribution >= 4 is 5.82 Å². The number of aromatic nitrogens is 1. The molecule has 0 saturated heterocycles. The van der Waals surface area contributed by atoms with E-state index in [-0.39, 0.29) is 0 Å². The van der Waals surface area contributed by atoms with Gasteiger partial charge in [0.1, 0.15) is 5.82 Å². The monoisotopic (exact) mass is 235 g/mol. The number of rotatable bonds is 4. The summed E-state index contributed by atoms with van der Waals surface area (Å²) in [5.41, 5.74) is 9.29. The molecule has 17 heavy (non-hydrogen) atoms. The van der Waals surface area contributed by atoms with Crippen LogP contribution in [0.15, 0.2) is 6.07 Å². The lowest BCUT2D eigenvalue weighted by molar-refractivity contribution is 0.501. The highest BCUT2D eigenvalue weighted by molar-refractivity contribution is 5.51. The van der Waals surface area contributed by atoms with Crippen molar-refractivity contribution in [3.8, 4) is 0 Å². The van der Waals surface area contributed by atoms with Gasteiger partial charge in [-0.05, 0) is 38.3 Å². The number of pyridine rings is 1. The van der Waals surface area contributed by atoms with Crippen molar-refractivity contribution < 1.29 is 0 Å². The predicted octanol–water partition coefficient (Wildman–Crippen LogP) is 2.64. The van der Waals surface area contributed by atoms with Crippen molar-refractivity contribution in [2.75, 3.05) is 11.9 Å². The Labute approximate surface area is 105 Å². The molecule has 0 aliphatic carbocycles. The molecule has 3 heteroatoms. The summed E-state index contributed by atoms with van der Waals surface area (Å²) in [5, 5.41) is 0. The minimum atomic E-state index is 0.453. The van der Waals surface area contributed by atoms with Crippen LogP contribution in [0.1, 0.15) is 37.6 Å². The summed E-state index contributed by atoms with van der Waals surface area (Å²) in [6.07, 6.45) is 0. The minimum absolute atomic E-state index is 0.453. The molecule has 1 aromatic rings. The van der Waals surface area contributed by atoms with Crippen molar-refractivity contribution in [2.45, 2.75) is 47.2 Å². The van der Waals surface area contributed by atoms with Crippen molar-refractivity contribution in [3.05, 3.63) is 22.9 Å². The van der Waals surface area contributed by atoms with Gasteiger partial charge in [0.2, 0.25) is 0 Å². The molecule has 0 aliphatic rings. The molecule has 1 unspecified atom stereocenters. The molecule has 1 heterocycles. The van der Waals surface area contributed by atoms with E-state index in [1.54, 1.807) is 0 Å². The van der Waals surface area contributed by atoms with Crippen LogP contribution in [-0.2, 0) is 6.54 Å². The Hall–Kier alpha value is -1.09. The third-order valence-electron chi connectivity index (χ3n) is 3.57. The van der Waals surface area contributed by atoms with E-state index in [4.69, 9.17) is 5.73 Å². The third kappa shape index (κ3) is 2.97. The molecule has 96 valence electrons. The van der Waals surface area contributed by atoms with Crippen molar-refractivity contribution in [2.24, 2.45) is 11.7 Å². The fourth-order valence-corrected chi connectivity index (χ4v) is 2.03. The number of hydrogen-bond donors (Lipinski definition) is 1. The normalized spacial score (nSPS) is 12.9. The van der Waals surface area contributed by atoms with Crippen LogP contribution in [0.5, 0.6) is 0 Å². The van der Waals surface area contributed by atoms with Gasteiger partial charge in [0.05, 0.1) is 0 Å². The van der Waals surface area contributed by atoms with E-state index >= 15 is 0 Å². The zero-order chi connectivity index (χ0) is 13.2. The molecule has 1 rings (SSSR count). The number of aryl methyl sites for hydroxylation is 2. The second-order valence-corrected chi connectivity index (χ2v) is 5.18. The highest BCUT2D eigenvalue weighted by atomic mass is 15.2. The molecule has 1 atom stereocenters. The van der Waals surface area contributed by atoms with Crippen molar-refractivity contribution in [1.82, 2.24) is 4.98 Å². The molecule has 0 aliphatic heterocycles. The number of hydrogen-bond acceptors (Lipinski definition) is 3. The zero-order valence-electron chi connectivity index (χ0n) is 11.9. The summed E-state index contributed by atoms with van der Waals surface area (Å²) < 4.78 is 0. The second kappa shape index (κ2) is 5.50. The van der Waals surface area contributed by atoms with Gasteiger partial charge in [-0.1, -0.05) is 13.8 Å². The fraction of sp³-hybridized carbons (Fsp3) is 0.643. The summed E-state index contributed by atoms with van der Waals surface area (Å²) in [6, 6.07) is 2.55. The van der Waals surface area contributed by atoms with E-state index in [1.165, 1.54) is 5.56 Å². The third-order valence-corrected chi connectivity index (χ3v) is 3.57. The van der Waals surface area contributed by atoms with Gasteiger partial charge < -0.3 is 10.6 Å². The fourth-order valence-electron chi connectivity index (χ4n) is 2.03. The number of nitrogens with two attached hydrogens (primary N) is 1. The summed E-state index contributed by atoms with van der Waals surface area (Å²) in [7, 11) is 2.10. The van der Waals surface area contributed by atoms with Gasteiger partial charge in [0.15, 0.2) is 0 Å². The van der Waals surface area contributed by atoms with Crippen LogP contribution in [0.4, 0.5) is 5.82 Å². The maximum atomic E-state index is 5.85. The molecule has 0 radical (unpaired) electrons. The number of nitrogens with zero attached hydrogens (tertiary/aromatic N) is 2. The van der Waals surface area contributed by atoms with Crippen molar-refractivity contribution in [1.29, 1.82) is 0 Å². The summed E-state index contributed by atoms with van der Waals surface area (Å²) in [6.45, 7) is 11.4. The van der Waals surface area contributed by atoms with Gasteiger partial charge in [-0.3, -0.25) is 0 Å². The van der Waals surface area contributed by atoms with Gasteiger partial charge in [-0.2, -0.15) is 0 Å². The largest absolute Gasteiger partial charge is 0.356 e. The number of anilines is 1. The average Bonchev–Trinajstić information content (AvgIpc) is 2.25. The second-order valence-electron chi connectivity index (χ2n) is 5.18. The molecule has 0 saturated carbocycles. The van der Waals surface area contributed by atoms with Crippen LogP contribution in [0.25, 0.3) is 0 Å². The Balaban J connectivity index is 3.20. The van der Waals surface area contributed by atoms with E-state index in [1.807, 2.05) is 6.92 Å². The molecule has 0 aromatic carbocycles. The Bertz CT molecular complexity index is 385. The highest BCUT2D eigenvalue weighted by Crippen LogP contribution is 2.24. The van der Waals surface area contributed by atoms with E-state index in [9.17, 15) is 0 Å². The van der Waals surface area contributed by atoms with Gasteiger partial charge in [0.25, 0.3) is 0 Å². The molecule has 0 amide bonds. The molecule has 3 nitrogen and oxygen atoms in total. The smallest absolute Gasteiger partial charge is 0.133 e. The van der Waals surface area contributed by atoms with Crippen molar-refractivity contribution in [3.63, 3.8) is 0 Å². The topological polar surface area (TPSA) is 42.1 Å². The van der Waals surface area contributed by atoms with E-state index in [0.29, 0.717) is 18.5 Å². The standard InChI is InChI=1S/C14H25N3/c1-9(2)12(5)17(6)14-13(8-15)10(3)7-11(4)16-14/h7,9,12H,8,15H2,1-6H3. The molecule has 1 aromatic heterocycles. The van der Waals surface area contributed by atoms with Gasteiger partial charge in [0, 0.05) is 30.9 Å². The first kappa shape index (κ1) is 14.0. The predicted molar refractivity (Wildman–Crippen MR) is 74.3 cm³/mol. The van der Waals surface area contributed by atoms with Crippen LogP contribution >= 0.6 is 0 Å². The Morgan fingerprint density at radius 1 is 1.29 bits per heavy atom. The molecular weight excluding hydrogens is 210 g/mol. The van der Waals surface area contributed by atoms with Gasteiger partial charge in [-0.25, -0.2) is 4.98 Å². The van der Waals surface area contributed by atoms with Gasteiger partial charge >= 0.3 is 0 Å². The lowest BCUT2D eigenvalue weighted by atomic mass is 10.0. The first-order chi connectivity index (χ1) is 7.88. The van der Waals surface area contributed by atoms with Crippen LogP contribution in [0.3, 0.4) is 0 Å². The quantitative estimate of drug-likeness (QED) is 0.872. The van der Waals surface area contributed by atoms with E-state index in [0.717, 1.165) is 17.1 Å². The summed E-state index contributed by atoms with van der Waals surface area (Å²) in [5.74, 6) is 1.62. The zero-order valence-corrected chi connectivity index (χ0v) is 11.9. The molecule has 0 fully saturated rings. The Morgan fingerprint density at radius 3 is 2.35 bits per heavy atom. The summed E-state index contributed by atoms with van der Waals surface area (Å²) >= 11 is 0. The summed E-state index contributed by atoms with van der Waals surface area (Å²) in [4.78, 5) is 6.90. The minimum Gasteiger partial charge on any atom is -0.356 e. The highest BCUT2D eigenvalue weighted by Gasteiger charge is 2.18. The molecule has 2 N–H and O–H groups in total. The first-order valence-corrected chi connectivity index (χ1v) is 6.28. The Kier molecular flexibility index (Phi) is 4.52. The molecule has 0 bridgehead atoms. The maximum absolute atomic E-state index is 5.85. The molecular formula is C14H25N3. The van der Waals surface area contributed by atoms with E-state index in [2.05, 4.69) is 50.7 Å². The van der Waals surface area contributed by atoms with E-state index < -0.39 is 0 Å². The van der Waals surface area contributed by atoms with Crippen LogP contribution < -0.4 is 10.6 Å². The lowest BCUT2D eigenvalue weighted by Crippen LogP contribution is -2.35. The first-order valence-electron chi connectivity index (χ1n) is 6.28. The lowest BCUT2D eigenvalue weighted by Gasteiger charge is -2.31. The van der Waals surface area contributed by atoms with Crippen LogP contribution in [-0.4, -0.2) is 18.1 Å². The van der Waals surface area contributed by atoms with Crippen LogP contribution in [0.2, 0.25) is 0 Å². The van der Waals surface area contributed by atoms with Crippen LogP contribution in [0, 0.1) is 19.8 Å². The average molecular weight is 235 g/mol.